The molecule has 2 saturated heterocycles. The highest BCUT2D eigenvalue weighted by molar-refractivity contribution is 8.00. The quantitative estimate of drug-likeness (QED) is 0.520. The van der Waals surface area contributed by atoms with E-state index in [1.165, 1.54) is 0 Å². The van der Waals surface area contributed by atoms with E-state index in [0.717, 1.165) is 30.6 Å². The molecule has 23 heavy (non-hydrogen) atoms. The van der Waals surface area contributed by atoms with Crippen molar-refractivity contribution in [1.82, 2.24) is 20.9 Å². The average molecular weight is 334 g/mol. The van der Waals surface area contributed by atoms with Gasteiger partial charge in [-0.05, 0) is 30.5 Å². The van der Waals surface area contributed by atoms with Crippen LogP contribution in [0.5, 0.6) is 0 Å². The molecule has 3 N–H and O–H groups in total. The molecule has 2 fully saturated rings. The van der Waals surface area contributed by atoms with Crippen molar-refractivity contribution in [3.63, 3.8) is 0 Å². The van der Waals surface area contributed by atoms with Crippen LogP contribution in [0, 0.1) is 0 Å². The first kappa shape index (κ1) is 16.1. The number of urea groups is 1. The van der Waals surface area contributed by atoms with E-state index < -0.39 is 0 Å². The second-order valence-corrected chi connectivity index (χ2v) is 7.27. The Morgan fingerprint density at radius 1 is 1.30 bits per heavy atom. The van der Waals surface area contributed by atoms with Gasteiger partial charge in [0.2, 0.25) is 5.91 Å². The number of aromatic nitrogens is 1. The van der Waals surface area contributed by atoms with Crippen molar-refractivity contribution in [2.45, 2.75) is 49.6 Å². The van der Waals surface area contributed by atoms with Crippen molar-refractivity contribution in [3.8, 4) is 0 Å². The molecule has 3 atom stereocenters. The van der Waals surface area contributed by atoms with Gasteiger partial charge in [-0.15, -0.1) is 0 Å². The van der Waals surface area contributed by atoms with Crippen LogP contribution in [-0.4, -0.2) is 40.0 Å². The molecule has 0 unspecified atom stereocenters. The van der Waals surface area contributed by atoms with Crippen LogP contribution in [0.3, 0.4) is 0 Å². The molecular formula is C16H22N4O2S. The second-order valence-electron chi connectivity index (χ2n) is 6.00. The van der Waals surface area contributed by atoms with Gasteiger partial charge < -0.3 is 16.0 Å². The topological polar surface area (TPSA) is 83.1 Å². The van der Waals surface area contributed by atoms with Gasteiger partial charge >= 0.3 is 6.03 Å². The number of hydrogen-bond donors (Lipinski definition) is 3. The first-order valence-electron chi connectivity index (χ1n) is 8.06. The minimum Gasteiger partial charge on any atom is -0.352 e. The molecule has 6 nitrogen and oxygen atoms in total. The monoisotopic (exact) mass is 334 g/mol. The lowest BCUT2D eigenvalue weighted by molar-refractivity contribution is -0.121. The van der Waals surface area contributed by atoms with E-state index in [-0.39, 0.29) is 24.0 Å². The molecular weight excluding hydrogens is 312 g/mol. The molecule has 7 heteroatoms. The molecule has 1 aromatic rings. The van der Waals surface area contributed by atoms with E-state index in [9.17, 15) is 9.59 Å². The van der Waals surface area contributed by atoms with Crippen molar-refractivity contribution in [2.75, 3.05) is 5.75 Å². The highest BCUT2D eigenvalue weighted by Crippen LogP contribution is 2.33. The van der Waals surface area contributed by atoms with Gasteiger partial charge in [0.15, 0.2) is 0 Å². The Morgan fingerprint density at radius 2 is 2.13 bits per heavy atom. The van der Waals surface area contributed by atoms with Crippen LogP contribution < -0.4 is 16.0 Å². The Labute approximate surface area is 140 Å². The number of carbonyl (C=O) groups is 2. The lowest BCUT2D eigenvalue weighted by atomic mass is 10.0. The van der Waals surface area contributed by atoms with E-state index in [1.807, 2.05) is 23.9 Å². The van der Waals surface area contributed by atoms with Crippen LogP contribution >= 0.6 is 11.8 Å². The molecule has 0 bridgehead atoms. The second kappa shape index (κ2) is 7.68. The largest absolute Gasteiger partial charge is 0.352 e. The summed E-state index contributed by atoms with van der Waals surface area (Å²) in [6.07, 6.45) is 6.96. The molecule has 2 aliphatic rings. The van der Waals surface area contributed by atoms with E-state index >= 15 is 0 Å². The van der Waals surface area contributed by atoms with Gasteiger partial charge in [0.05, 0.1) is 12.1 Å². The van der Waals surface area contributed by atoms with Gasteiger partial charge in [0.1, 0.15) is 0 Å². The van der Waals surface area contributed by atoms with Gasteiger partial charge in [-0.25, -0.2) is 4.79 Å². The summed E-state index contributed by atoms with van der Waals surface area (Å²) in [4.78, 5) is 27.1. The number of amides is 3. The molecule has 3 rings (SSSR count). The van der Waals surface area contributed by atoms with Crippen LogP contribution in [0.15, 0.2) is 24.5 Å². The van der Waals surface area contributed by atoms with Crippen molar-refractivity contribution >= 4 is 23.7 Å². The Hall–Kier alpha value is -1.76. The van der Waals surface area contributed by atoms with Crippen LogP contribution in [-0.2, 0) is 11.3 Å². The number of hydrogen-bond acceptors (Lipinski definition) is 4. The summed E-state index contributed by atoms with van der Waals surface area (Å²) in [5.74, 6) is 1.08. The zero-order valence-corrected chi connectivity index (χ0v) is 13.8. The molecule has 0 spiro atoms. The predicted octanol–water partition coefficient (Wildman–Crippen LogP) is 1.42. The number of rotatable bonds is 7. The fourth-order valence-corrected chi connectivity index (χ4v) is 4.61. The summed E-state index contributed by atoms with van der Waals surface area (Å²) in [5.41, 5.74) is 1.06. The Kier molecular flexibility index (Phi) is 5.38. The summed E-state index contributed by atoms with van der Waals surface area (Å²) < 4.78 is 0. The molecule has 124 valence electrons. The van der Waals surface area contributed by atoms with Gasteiger partial charge in [0, 0.05) is 36.4 Å². The summed E-state index contributed by atoms with van der Waals surface area (Å²) in [6.45, 7) is 0.557. The molecule has 2 aliphatic heterocycles. The standard InChI is InChI=1S/C16H22N4O2S/c21-14(18-9-11-5-7-17-8-6-11)4-2-1-3-13-15-12(10-23-13)19-16(22)20-15/h5-8,12-13,15H,1-4,9-10H2,(H,18,21)(H2,19,20,22)/t12-,13-,15-/m0/s1. The Bertz CT molecular complexity index is 554. The summed E-state index contributed by atoms with van der Waals surface area (Å²) in [7, 11) is 0. The molecule has 0 aromatic carbocycles. The zero-order chi connectivity index (χ0) is 16.1. The van der Waals surface area contributed by atoms with Crippen molar-refractivity contribution in [2.24, 2.45) is 0 Å². The SMILES string of the molecule is O=C(CCCC[C@@H]1SC[C@@H]2NC(=O)N[C@@H]21)NCc1ccncc1. The summed E-state index contributed by atoms with van der Waals surface area (Å²) >= 11 is 1.92. The Balaban J connectivity index is 1.29. The van der Waals surface area contributed by atoms with Gasteiger partial charge in [0.25, 0.3) is 0 Å². The zero-order valence-electron chi connectivity index (χ0n) is 13.0. The lowest BCUT2D eigenvalue weighted by Crippen LogP contribution is -2.36. The fourth-order valence-electron chi connectivity index (χ4n) is 3.06. The molecule has 1 aromatic heterocycles. The van der Waals surface area contributed by atoms with Gasteiger partial charge in [-0.1, -0.05) is 6.42 Å². The summed E-state index contributed by atoms with van der Waals surface area (Å²) in [5, 5.41) is 9.35. The number of thioether (sulfide) groups is 1. The third kappa shape index (κ3) is 4.37. The van der Waals surface area contributed by atoms with E-state index in [4.69, 9.17) is 0 Å². The molecule has 0 saturated carbocycles. The smallest absolute Gasteiger partial charge is 0.315 e. The van der Waals surface area contributed by atoms with Crippen molar-refractivity contribution in [3.05, 3.63) is 30.1 Å². The lowest BCUT2D eigenvalue weighted by Gasteiger charge is -2.16. The number of carbonyl (C=O) groups excluding carboxylic acids is 2. The van der Waals surface area contributed by atoms with Crippen molar-refractivity contribution in [1.29, 1.82) is 0 Å². The third-order valence-electron chi connectivity index (χ3n) is 4.32. The van der Waals surface area contributed by atoms with E-state index in [1.54, 1.807) is 12.4 Å². The maximum atomic E-state index is 11.8. The van der Waals surface area contributed by atoms with Crippen molar-refractivity contribution < 1.29 is 9.59 Å². The minimum absolute atomic E-state index is 0.0409. The number of nitrogens with zero attached hydrogens (tertiary/aromatic N) is 1. The Morgan fingerprint density at radius 3 is 2.96 bits per heavy atom. The van der Waals surface area contributed by atoms with Crippen LogP contribution in [0.25, 0.3) is 0 Å². The molecule has 3 amide bonds. The fraction of sp³-hybridized carbons (Fsp3) is 0.562. The highest BCUT2D eigenvalue weighted by Gasteiger charge is 2.42. The number of unbranched alkanes of at least 4 members (excludes halogenated alkanes) is 1. The van der Waals surface area contributed by atoms with Crippen LogP contribution in [0.4, 0.5) is 4.79 Å². The average Bonchev–Trinajstić information content (AvgIpc) is 3.10. The highest BCUT2D eigenvalue weighted by atomic mass is 32.2. The third-order valence-corrected chi connectivity index (χ3v) is 5.83. The minimum atomic E-state index is -0.0409. The maximum absolute atomic E-state index is 11.8. The number of fused-ring (bicyclic) bond motifs is 1. The first-order valence-corrected chi connectivity index (χ1v) is 9.11. The van der Waals surface area contributed by atoms with Crippen LogP contribution in [0.2, 0.25) is 0 Å². The van der Waals surface area contributed by atoms with Gasteiger partial charge in [-0.2, -0.15) is 11.8 Å². The normalized spacial score (nSPS) is 25.6. The van der Waals surface area contributed by atoms with Crippen LogP contribution in [0.1, 0.15) is 31.2 Å². The van der Waals surface area contributed by atoms with E-state index in [2.05, 4.69) is 20.9 Å². The van der Waals surface area contributed by atoms with E-state index in [0.29, 0.717) is 18.2 Å². The number of nitrogens with one attached hydrogen (secondary N) is 3. The first-order chi connectivity index (χ1) is 11.2. The molecule has 0 aliphatic carbocycles. The summed E-state index contributed by atoms with van der Waals surface area (Å²) in [6, 6.07) is 4.30. The number of pyridine rings is 1. The molecule has 0 radical (unpaired) electrons. The molecule has 3 heterocycles. The maximum Gasteiger partial charge on any atom is 0.315 e. The predicted molar refractivity (Wildman–Crippen MR) is 90.0 cm³/mol. The van der Waals surface area contributed by atoms with Gasteiger partial charge in [-0.3, -0.25) is 9.78 Å².